The summed E-state index contributed by atoms with van der Waals surface area (Å²) < 4.78 is 6.05. The molecule has 1 unspecified atom stereocenters. The molecule has 2 aromatic rings. The first-order valence-corrected chi connectivity index (χ1v) is 6.73. The van der Waals surface area contributed by atoms with E-state index < -0.39 is 5.97 Å². The summed E-state index contributed by atoms with van der Waals surface area (Å²) in [5.74, 6) is 0.0469. The Bertz CT molecular complexity index is 644. The average molecular weight is 268 g/mol. The number of carbonyl (C=O) groups is 1. The molecule has 0 saturated heterocycles. The molecule has 0 spiro atoms. The molecule has 0 saturated carbocycles. The van der Waals surface area contributed by atoms with Crippen molar-refractivity contribution in [1.82, 2.24) is 0 Å². The summed E-state index contributed by atoms with van der Waals surface area (Å²) in [6, 6.07) is 13.2. The van der Waals surface area contributed by atoms with Gasteiger partial charge in [0, 0.05) is 0 Å². The molecule has 0 bridgehead atoms. The Kier molecular flexibility index (Phi) is 3.18. The first kappa shape index (κ1) is 12.7. The molecule has 0 aliphatic carbocycles. The fourth-order valence-corrected chi connectivity index (χ4v) is 2.55. The average Bonchev–Trinajstić information content (AvgIpc) is 2.46. The summed E-state index contributed by atoms with van der Waals surface area (Å²) in [6.45, 7) is 2.05. The molecule has 2 aromatic carbocycles. The van der Waals surface area contributed by atoms with Gasteiger partial charge in [-0.3, -0.25) is 0 Å². The van der Waals surface area contributed by atoms with Crippen molar-refractivity contribution in [2.45, 2.75) is 25.9 Å². The molecule has 1 N–H and O–H groups in total. The second-order valence-corrected chi connectivity index (χ2v) is 5.18. The minimum atomic E-state index is -0.901. The Morgan fingerprint density at radius 1 is 1.20 bits per heavy atom. The normalized spacial score (nSPS) is 17.1. The van der Waals surface area contributed by atoms with Crippen LogP contribution in [0, 0.1) is 6.92 Å². The molecule has 0 aromatic heterocycles. The number of ether oxygens (including phenoxy) is 1. The van der Waals surface area contributed by atoms with Crippen LogP contribution < -0.4 is 4.74 Å². The number of fused-ring (bicyclic) bond motifs is 1. The highest BCUT2D eigenvalue weighted by Gasteiger charge is 2.21. The highest BCUT2D eigenvalue weighted by Crippen LogP contribution is 2.35. The van der Waals surface area contributed by atoms with E-state index in [1.54, 1.807) is 12.1 Å². The summed E-state index contributed by atoms with van der Waals surface area (Å²) in [5, 5.41) is 8.92. The minimum Gasteiger partial charge on any atom is -0.485 e. The van der Waals surface area contributed by atoms with Crippen LogP contribution in [-0.4, -0.2) is 11.1 Å². The third kappa shape index (κ3) is 2.39. The molecule has 3 rings (SSSR count). The van der Waals surface area contributed by atoms with Crippen LogP contribution in [0.2, 0.25) is 0 Å². The molecule has 0 radical (unpaired) electrons. The van der Waals surface area contributed by atoms with Crippen LogP contribution in [-0.2, 0) is 6.42 Å². The van der Waals surface area contributed by atoms with Crippen LogP contribution in [0.15, 0.2) is 42.5 Å². The number of rotatable bonds is 2. The molecular formula is C17H16O3. The second-order valence-electron chi connectivity index (χ2n) is 5.18. The third-order valence-corrected chi connectivity index (χ3v) is 3.70. The fourth-order valence-electron chi connectivity index (χ4n) is 2.55. The van der Waals surface area contributed by atoms with Crippen molar-refractivity contribution in [1.29, 1.82) is 0 Å². The van der Waals surface area contributed by atoms with E-state index in [1.165, 1.54) is 11.1 Å². The molecule has 102 valence electrons. The van der Waals surface area contributed by atoms with Gasteiger partial charge < -0.3 is 9.84 Å². The smallest absolute Gasteiger partial charge is 0.335 e. The van der Waals surface area contributed by atoms with Gasteiger partial charge in [0.25, 0.3) is 0 Å². The molecule has 1 aliphatic rings. The molecule has 20 heavy (non-hydrogen) atoms. The molecule has 3 nitrogen and oxygen atoms in total. The molecule has 0 fully saturated rings. The minimum absolute atomic E-state index is 0.00662. The highest BCUT2D eigenvalue weighted by atomic mass is 16.5. The van der Waals surface area contributed by atoms with Gasteiger partial charge >= 0.3 is 5.97 Å². The van der Waals surface area contributed by atoms with Crippen molar-refractivity contribution in [3.8, 4) is 5.75 Å². The van der Waals surface area contributed by atoms with Gasteiger partial charge in [-0.2, -0.15) is 0 Å². The van der Waals surface area contributed by atoms with Gasteiger partial charge in [0.1, 0.15) is 11.9 Å². The van der Waals surface area contributed by atoms with E-state index in [1.807, 2.05) is 12.1 Å². The van der Waals surface area contributed by atoms with Crippen LogP contribution in [0.3, 0.4) is 0 Å². The van der Waals surface area contributed by atoms with E-state index >= 15 is 0 Å². The van der Waals surface area contributed by atoms with Gasteiger partial charge in [0.15, 0.2) is 0 Å². The summed E-state index contributed by atoms with van der Waals surface area (Å²) in [6.07, 6.45) is 1.91. The number of benzene rings is 2. The zero-order valence-electron chi connectivity index (χ0n) is 11.3. The van der Waals surface area contributed by atoms with Crippen molar-refractivity contribution < 1.29 is 14.6 Å². The number of hydrogen-bond donors (Lipinski definition) is 1. The van der Waals surface area contributed by atoms with Crippen LogP contribution in [0.25, 0.3) is 0 Å². The van der Waals surface area contributed by atoms with Crippen LogP contribution in [0.5, 0.6) is 5.75 Å². The maximum absolute atomic E-state index is 10.9. The standard InChI is InChI=1S/C17H16O3/c1-11-2-3-13-8-9-15(20-16(13)10-11)12-4-6-14(7-5-12)17(18)19/h2-7,10,15H,8-9H2,1H3,(H,18,19). The molecule has 1 heterocycles. The predicted octanol–water partition coefficient (Wildman–Crippen LogP) is 3.76. The van der Waals surface area contributed by atoms with Gasteiger partial charge in [-0.05, 0) is 54.7 Å². The lowest BCUT2D eigenvalue weighted by Gasteiger charge is -2.26. The van der Waals surface area contributed by atoms with Gasteiger partial charge in [0.2, 0.25) is 0 Å². The van der Waals surface area contributed by atoms with Crippen molar-refractivity contribution >= 4 is 5.97 Å². The molecule has 1 aliphatic heterocycles. The van der Waals surface area contributed by atoms with E-state index in [9.17, 15) is 4.79 Å². The van der Waals surface area contributed by atoms with E-state index in [4.69, 9.17) is 9.84 Å². The quantitative estimate of drug-likeness (QED) is 0.902. The van der Waals surface area contributed by atoms with E-state index in [0.29, 0.717) is 5.56 Å². The monoisotopic (exact) mass is 268 g/mol. The summed E-state index contributed by atoms with van der Waals surface area (Å²) in [5.41, 5.74) is 3.77. The van der Waals surface area contributed by atoms with E-state index in [0.717, 1.165) is 24.2 Å². The number of aromatic carboxylic acids is 1. The summed E-state index contributed by atoms with van der Waals surface area (Å²) >= 11 is 0. The lowest BCUT2D eigenvalue weighted by atomic mass is 9.96. The maximum Gasteiger partial charge on any atom is 0.335 e. The zero-order chi connectivity index (χ0) is 14.1. The van der Waals surface area contributed by atoms with Gasteiger partial charge in [-0.25, -0.2) is 4.79 Å². The third-order valence-electron chi connectivity index (χ3n) is 3.70. The number of carboxylic acid groups (broad SMARTS) is 1. The van der Waals surface area contributed by atoms with E-state index in [-0.39, 0.29) is 6.10 Å². The molecule has 0 amide bonds. The molecule has 3 heteroatoms. The highest BCUT2D eigenvalue weighted by molar-refractivity contribution is 5.87. The Labute approximate surface area is 117 Å². The summed E-state index contributed by atoms with van der Waals surface area (Å²) in [7, 11) is 0. The lowest BCUT2D eigenvalue weighted by Crippen LogP contribution is -2.15. The zero-order valence-corrected chi connectivity index (χ0v) is 11.3. The SMILES string of the molecule is Cc1ccc2c(c1)OC(c1ccc(C(=O)O)cc1)CC2. The van der Waals surface area contributed by atoms with Crippen molar-refractivity contribution in [3.05, 3.63) is 64.7 Å². The topological polar surface area (TPSA) is 46.5 Å². The van der Waals surface area contributed by atoms with Crippen molar-refractivity contribution in [2.75, 3.05) is 0 Å². The van der Waals surface area contributed by atoms with E-state index in [2.05, 4.69) is 25.1 Å². The van der Waals surface area contributed by atoms with Gasteiger partial charge in [0.05, 0.1) is 5.56 Å². The Hall–Kier alpha value is -2.29. The summed E-state index contributed by atoms with van der Waals surface area (Å²) in [4.78, 5) is 10.9. The first-order chi connectivity index (χ1) is 9.63. The Morgan fingerprint density at radius 2 is 1.95 bits per heavy atom. The second kappa shape index (κ2) is 5.00. The number of aryl methyl sites for hydroxylation is 2. The largest absolute Gasteiger partial charge is 0.485 e. The van der Waals surface area contributed by atoms with Gasteiger partial charge in [-0.15, -0.1) is 0 Å². The predicted molar refractivity (Wildman–Crippen MR) is 76.3 cm³/mol. The van der Waals surface area contributed by atoms with Crippen LogP contribution in [0.4, 0.5) is 0 Å². The lowest BCUT2D eigenvalue weighted by molar-refractivity contribution is 0.0696. The number of carboxylic acids is 1. The molecular weight excluding hydrogens is 252 g/mol. The van der Waals surface area contributed by atoms with Crippen molar-refractivity contribution in [3.63, 3.8) is 0 Å². The molecule has 1 atom stereocenters. The maximum atomic E-state index is 10.9. The Morgan fingerprint density at radius 3 is 2.65 bits per heavy atom. The number of hydrogen-bond acceptors (Lipinski definition) is 2. The Balaban J connectivity index is 1.84. The van der Waals surface area contributed by atoms with Crippen LogP contribution >= 0.6 is 0 Å². The fraction of sp³-hybridized carbons (Fsp3) is 0.235. The van der Waals surface area contributed by atoms with Crippen LogP contribution in [0.1, 0.15) is 39.6 Å². The first-order valence-electron chi connectivity index (χ1n) is 6.73. The van der Waals surface area contributed by atoms with Gasteiger partial charge in [-0.1, -0.05) is 24.3 Å². The van der Waals surface area contributed by atoms with Crippen molar-refractivity contribution in [2.24, 2.45) is 0 Å².